The van der Waals surface area contributed by atoms with Gasteiger partial charge in [-0.15, -0.1) is 5.11 Å². The molecule has 74 valence electrons. The summed E-state index contributed by atoms with van der Waals surface area (Å²) >= 11 is 0. The molecule has 0 fully saturated rings. The summed E-state index contributed by atoms with van der Waals surface area (Å²) in [7, 11) is 0. The van der Waals surface area contributed by atoms with Gasteiger partial charge in [0.2, 0.25) is 5.96 Å². The van der Waals surface area contributed by atoms with Crippen LogP contribution < -0.4 is 5.32 Å². The van der Waals surface area contributed by atoms with Crippen molar-refractivity contribution in [3.05, 3.63) is 11.8 Å². The molecule has 0 radical (unpaired) electrons. The molecule has 0 unspecified atom stereocenters. The predicted octanol–water partition coefficient (Wildman–Crippen LogP) is 1.49. The molecule has 0 aromatic rings. The second kappa shape index (κ2) is 3.01. The highest BCUT2D eigenvalue weighted by Gasteiger charge is 2.19. The van der Waals surface area contributed by atoms with E-state index in [-0.39, 0.29) is 5.54 Å². The minimum absolute atomic E-state index is 0.0279. The minimum Gasteiger partial charge on any atom is -0.350 e. The Hall–Kier alpha value is -1.52. The van der Waals surface area contributed by atoms with Gasteiger partial charge in [-0.2, -0.15) is 10.1 Å². The van der Waals surface area contributed by atoms with Crippen LogP contribution in [-0.2, 0) is 0 Å². The fourth-order valence-electron chi connectivity index (χ4n) is 1.18. The van der Waals surface area contributed by atoms with Gasteiger partial charge in [0.05, 0.1) is 12.7 Å². The highest BCUT2D eigenvalue weighted by Crippen LogP contribution is 2.14. The van der Waals surface area contributed by atoms with Crippen LogP contribution in [0.2, 0.25) is 0 Å². The Morgan fingerprint density at radius 3 is 2.86 bits per heavy atom. The number of aliphatic imine (C=N–C) groups is 2. The van der Waals surface area contributed by atoms with Crippen molar-refractivity contribution < 1.29 is 0 Å². The Bertz CT molecular complexity index is 367. The van der Waals surface area contributed by atoms with E-state index < -0.39 is 0 Å². The third-order valence-corrected chi connectivity index (χ3v) is 1.75. The molecule has 0 amide bonds. The quantitative estimate of drug-likeness (QED) is 0.619. The van der Waals surface area contributed by atoms with Gasteiger partial charge in [0, 0.05) is 11.1 Å². The lowest BCUT2D eigenvalue weighted by Crippen LogP contribution is -2.41. The molecular weight excluding hydrogens is 178 g/mol. The monoisotopic (exact) mass is 191 g/mol. The topological polar surface area (TPSA) is 61.5 Å². The van der Waals surface area contributed by atoms with E-state index in [9.17, 15) is 0 Å². The molecule has 0 aromatic heterocycles. The van der Waals surface area contributed by atoms with E-state index in [1.165, 1.54) is 0 Å². The number of hydrogen-bond acceptors (Lipinski definition) is 5. The molecule has 0 aliphatic carbocycles. The van der Waals surface area contributed by atoms with E-state index in [1.54, 1.807) is 6.20 Å². The maximum atomic E-state index is 4.29. The van der Waals surface area contributed by atoms with Gasteiger partial charge in [-0.25, -0.2) is 4.99 Å². The first-order chi connectivity index (χ1) is 6.54. The Morgan fingerprint density at radius 1 is 1.36 bits per heavy atom. The van der Waals surface area contributed by atoms with Gasteiger partial charge in [0.15, 0.2) is 5.84 Å². The SMILES string of the molecule is CC(C)(C)NC1=NCC2=CN=NC2=N1. The first-order valence-electron chi connectivity index (χ1n) is 4.56. The fourth-order valence-corrected chi connectivity index (χ4v) is 1.18. The van der Waals surface area contributed by atoms with Gasteiger partial charge in [-0.05, 0) is 20.8 Å². The molecule has 0 saturated heterocycles. The van der Waals surface area contributed by atoms with Gasteiger partial charge < -0.3 is 5.32 Å². The van der Waals surface area contributed by atoms with Gasteiger partial charge in [0.25, 0.3) is 0 Å². The van der Waals surface area contributed by atoms with E-state index in [0.717, 1.165) is 5.57 Å². The maximum absolute atomic E-state index is 4.29. The number of rotatable bonds is 0. The first kappa shape index (κ1) is 9.05. The van der Waals surface area contributed by atoms with Crippen LogP contribution in [0.4, 0.5) is 0 Å². The molecule has 0 saturated carbocycles. The lowest BCUT2D eigenvalue weighted by Gasteiger charge is -2.22. The second-order valence-electron chi connectivity index (χ2n) is 4.32. The molecule has 1 N–H and O–H groups in total. The third-order valence-electron chi connectivity index (χ3n) is 1.75. The molecule has 2 aliphatic heterocycles. The molecule has 0 atom stereocenters. The summed E-state index contributed by atoms with van der Waals surface area (Å²) in [5.41, 5.74) is 0.962. The molecule has 5 nitrogen and oxygen atoms in total. The highest BCUT2D eigenvalue weighted by molar-refractivity contribution is 6.09. The Balaban J connectivity index is 2.14. The normalized spacial score (nSPS) is 19.8. The van der Waals surface area contributed by atoms with Crippen molar-refractivity contribution in [2.24, 2.45) is 20.2 Å². The number of fused-ring (bicyclic) bond motifs is 1. The Labute approximate surface area is 82.7 Å². The Morgan fingerprint density at radius 2 is 2.14 bits per heavy atom. The van der Waals surface area contributed by atoms with Gasteiger partial charge in [0.1, 0.15) is 0 Å². The first-order valence-corrected chi connectivity index (χ1v) is 4.56. The molecule has 0 aromatic carbocycles. The zero-order valence-electron chi connectivity index (χ0n) is 8.57. The molecule has 2 heterocycles. The number of guanidine groups is 1. The highest BCUT2D eigenvalue weighted by atomic mass is 15.2. The van der Waals surface area contributed by atoms with Crippen molar-refractivity contribution in [3.63, 3.8) is 0 Å². The summed E-state index contributed by atoms with van der Waals surface area (Å²) in [4.78, 5) is 8.54. The zero-order chi connectivity index (χ0) is 10.2. The van der Waals surface area contributed by atoms with Crippen LogP contribution in [0, 0.1) is 0 Å². The molecule has 2 rings (SSSR count). The van der Waals surface area contributed by atoms with E-state index >= 15 is 0 Å². The average Bonchev–Trinajstić information content (AvgIpc) is 2.47. The van der Waals surface area contributed by atoms with Crippen LogP contribution >= 0.6 is 0 Å². The molecule has 5 heteroatoms. The number of nitrogens with one attached hydrogen (secondary N) is 1. The van der Waals surface area contributed by atoms with Crippen LogP contribution in [0.3, 0.4) is 0 Å². The van der Waals surface area contributed by atoms with E-state index in [2.05, 4.69) is 46.3 Å². The van der Waals surface area contributed by atoms with Crippen LogP contribution in [0.1, 0.15) is 20.8 Å². The molecule has 0 bridgehead atoms. The number of nitrogens with zero attached hydrogens (tertiary/aromatic N) is 4. The summed E-state index contributed by atoms with van der Waals surface area (Å²) in [6.45, 7) is 6.82. The van der Waals surface area contributed by atoms with Crippen molar-refractivity contribution >= 4 is 11.8 Å². The number of amidine groups is 1. The lowest BCUT2D eigenvalue weighted by molar-refractivity contribution is 0.508. The van der Waals surface area contributed by atoms with Crippen molar-refractivity contribution in [3.8, 4) is 0 Å². The van der Waals surface area contributed by atoms with Gasteiger partial charge in [-0.1, -0.05) is 0 Å². The van der Waals surface area contributed by atoms with E-state index in [0.29, 0.717) is 18.3 Å². The zero-order valence-corrected chi connectivity index (χ0v) is 8.57. The smallest absolute Gasteiger partial charge is 0.220 e. The molecule has 14 heavy (non-hydrogen) atoms. The molecule has 0 spiro atoms. The molecular formula is C9H13N5. The summed E-state index contributed by atoms with van der Waals surface area (Å²) in [6, 6.07) is 0. The predicted molar refractivity (Wildman–Crippen MR) is 55.6 cm³/mol. The van der Waals surface area contributed by atoms with Crippen molar-refractivity contribution in [2.45, 2.75) is 26.3 Å². The minimum atomic E-state index is -0.0279. The number of azo groups is 1. The standard InChI is InChI=1S/C9H13N5/c1-9(2,3)13-8-10-4-6-5-11-14-7(6)12-8/h5H,4H2,1-3H3,(H,10,13). The Kier molecular flexibility index (Phi) is 1.94. The van der Waals surface area contributed by atoms with Crippen LogP contribution in [0.5, 0.6) is 0 Å². The third kappa shape index (κ3) is 1.86. The average molecular weight is 191 g/mol. The summed E-state index contributed by atoms with van der Waals surface area (Å²) < 4.78 is 0. The van der Waals surface area contributed by atoms with Gasteiger partial charge in [-0.3, -0.25) is 0 Å². The second-order valence-corrected chi connectivity index (χ2v) is 4.32. The number of hydrogen-bond donors (Lipinski definition) is 1. The summed E-state index contributed by atoms with van der Waals surface area (Å²) in [5.74, 6) is 1.33. The van der Waals surface area contributed by atoms with Crippen LogP contribution in [-0.4, -0.2) is 23.9 Å². The summed E-state index contributed by atoms with van der Waals surface area (Å²) in [6.07, 6.45) is 1.70. The van der Waals surface area contributed by atoms with Crippen LogP contribution in [0.25, 0.3) is 0 Å². The van der Waals surface area contributed by atoms with Crippen molar-refractivity contribution in [2.75, 3.05) is 6.54 Å². The van der Waals surface area contributed by atoms with E-state index in [4.69, 9.17) is 0 Å². The maximum Gasteiger partial charge on any atom is 0.220 e. The fraction of sp³-hybridized carbons (Fsp3) is 0.556. The largest absolute Gasteiger partial charge is 0.350 e. The lowest BCUT2D eigenvalue weighted by atomic mass is 10.1. The van der Waals surface area contributed by atoms with E-state index in [1.807, 2.05) is 0 Å². The van der Waals surface area contributed by atoms with Crippen molar-refractivity contribution in [1.29, 1.82) is 0 Å². The van der Waals surface area contributed by atoms with Crippen molar-refractivity contribution in [1.82, 2.24) is 5.32 Å². The summed E-state index contributed by atoms with van der Waals surface area (Å²) in [5, 5.41) is 10.9. The van der Waals surface area contributed by atoms with Crippen LogP contribution in [0.15, 0.2) is 32.0 Å². The van der Waals surface area contributed by atoms with Gasteiger partial charge >= 0.3 is 0 Å². The molecule has 2 aliphatic rings.